The molecule has 0 unspecified atom stereocenters. The molecule has 0 spiro atoms. The molecule has 1 aliphatic heterocycles. The molecule has 0 radical (unpaired) electrons. The lowest BCUT2D eigenvalue weighted by Crippen LogP contribution is -2.50. The summed E-state index contributed by atoms with van der Waals surface area (Å²) in [5.74, 6) is -0.0345. The van der Waals surface area contributed by atoms with Crippen LogP contribution in [0.2, 0.25) is 0 Å². The van der Waals surface area contributed by atoms with Gasteiger partial charge in [-0.2, -0.15) is 0 Å². The second-order valence-electron chi connectivity index (χ2n) is 4.75. The van der Waals surface area contributed by atoms with E-state index in [-0.39, 0.29) is 17.9 Å². The number of likely N-dealkylation sites (N-methyl/N-ethyl adjacent to an activating group) is 1. The fraction of sp³-hybridized carbons (Fsp3) is 0.833. The van der Waals surface area contributed by atoms with E-state index in [1.807, 2.05) is 6.92 Å². The summed E-state index contributed by atoms with van der Waals surface area (Å²) in [4.78, 5) is 25.0. The molecule has 4 N–H and O–H groups in total. The monoisotopic (exact) mass is 256 g/mol. The Kier molecular flexibility index (Phi) is 6.07. The van der Waals surface area contributed by atoms with Gasteiger partial charge in [-0.1, -0.05) is 6.92 Å². The highest BCUT2D eigenvalue weighted by atomic mass is 16.2. The summed E-state index contributed by atoms with van der Waals surface area (Å²) >= 11 is 0. The Hall–Kier alpha value is -1.14. The summed E-state index contributed by atoms with van der Waals surface area (Å²) in [5.41, 5.74) is 5.67. The van der Waals surface area contributed by atoms with Gasteiger partial charge in [-0.15, -0.1) is 0 Å². The molecular formula is C12H24N4O2. The number of hydrogen-bond acceptors (Lipinski definition) is 4. The van der Waals surface area contributed by atoms with E-state index in [1.165, 1.54) is 0 Å². The molecule has 0 aromatic carbocycles. The first-order chi connectivity index (χ1) is 8.56. The molecule has 0 aromatic rings. The maximum Gasteiger partial charge on any atom is 0.237 e. The van der Waals surface area contributed by atoms with Gasteiger partial charge in [0.2, 0.25) is 11.8 Å². The van der Waals surface area contributed by atoms with Crippen molar-refractivity contribution < 1.29 is 9.59 Å². The quantitative estimate of drug-likeness (QED) is 0.592. The lowest BCUT2D eigenvalue weighted by molar-refractivity contribution is -0.124. The Balaban J connectivity index is 2.27. The van der Waals surface area contributed by atoms with Crippen LogP contribution in [0, 0.1) is 0 Å². The third kappa shape index (κ3) is 4.62. The van der Waals surface area contributed by atoms with Crippen LogP contribution in [0.15, 0.2) is 0 Å². The van der Waals surface area contributed by atoms with E-state index in [4.69, 9.17) is 5.73 Å². The SMILES string of the molecule is CC[C@@H](N)C(=O)NC1CCN(CC(=O)NC)CC1. The number of hydrogen-bond donors (Lipinski definition) is 3. The molecule has 1 heterocycles. The van der Waals surface area contributed by atoms with Crippen molar-refractivity contribution in [3.8, 4) is 0 Å². The summed E-state index contributed by atoms with van der Waals surface area (Å²) < 4.78 is 0. The summed E-state index contributed by atoms with van der Waals surface area (Å²) in [6.07, 6.45) is 2.40. The molecular weight excluding hydrogens is 232 g/mol. The number of piperidine rings is 1. The van der Waals surface area contributed by atoms with Crippen LogP contribution in [0.1, 0.15) is 26.2 Å². The van der Waals surface area contributed by atoms with Crippen molar-refractivity contribution in [1.82, 2.24) is 15.5 Å². The van der Waals surface area contributed by atoms with Crippen molar-refractivity contribution in [3.05, 3.63) is 0 Å². The zero-order valence-electron chi connectivity index (χ0n) is 11.2. The molecule has 1 atom stereocenters. The fourth-order valence-electron chi connectivity index (χ4n) is 2.01. The summed E-state index contributed by atoms with van der Waals surface area (Å²) in [6.45, 7) is 4.00. The summed E-state index contributed by atoms with van der Waals surface area (Å²) in [6, 6.07) is -0.218. The van der Waals surface area contributed by atoms with E-state index in [0.717, 1.165) is 25.9 Å². The highest BCUT2D eigenvalue weighted by molar-refractivity contribution is 5.81. The van der Waals surface area contributed by atoms with Gasteiger partial charge in [0.1, 0.15) is 0 Å². The molecule has 104 valence electrons. The second kappa shape index (κ2) is 7.33. The summed E-state index contributed by atoms with van der Waals surface area (Å²) in [5, 5.41) is 5.58. The zero-order chi connectivity index (χ0) is 13.5. The van der Waals surface area contributed by atoms with Crippen LogP contribution in [0.25, 0.3) is 0 Å². The third-order valence-corrected chi connectivity index (χ3v) is 3.36. The molecule has 2 amide bonds. The van der Waals surface area contributed by atoms with Crippen molar-refractivity contribution in [2.75, 3.05) is 26.7 Å². The Bertz CT molecular complexity index is 288. The minimum absolute atomic E-state index is 0.0329. The fourth-order valence-corrected chi connectivity index (χ4v) is 2.01. The van der Waals surface area contributed by atoms with Gasteiger partial charge < -0.3 is 16.4 Å². The largest absolute Gasteiger partial charge is 0.358 e. The van der Waals surface area contributed by atoms with E-state index in [1.54, 1.807) is 7.05 Å². The molecule has 1 aliphatic rings. The van der Waals surface area contributed by atoms with Crippen molar-refractivity contribution >= 4 is 11.8 Å². The first-order valence-corrected chi connectivity index (χ1v) is 6.55. The normalized spacial score (nSPS) is 19.3. The molecule has 6 nitrogen and oxygen atoms in total. The van der Waals surface area contributed by atoms with Crippen molar-refractivity contribution in [3.63, 3.8) is 0 Å². The average Bonchev–Trinajstić information content (AvgIpc) is 2.39. The maximum absolute atomic E-state index is 11.6. The number of carbonyl (C=O) groups excluding carboxylic acids is 2. The molecule has 6 heteroatoms. The Morgan fingerprint density at radius 3 is 2.50 bits per heavy atom. The highest BCUT2D eigenvalue weighted by Gasteiger charge is 2.23. The summed E-state index contributed by atoms with van der Waals surface area (Å²) in [7, 11) is 1.64. The van der Waals surface area contributed by atoms with Gasteiger partial charge in [-0.3, -0.25) is 14.5 Å². The smallest absolute Gasteiger partial charge is 0.237 e. The van der Waals surface area contributed by atoms with Crippen LogP contribution in [0.4, 0.5) is 0 Å². The van der Waals surface area contributed by atoms with Crippen molar-refractivity contribution in [2.24, 2.45) is 5.73 Å². The van der Waals surface area contributed by atoms with Gasteiger partial charge in [0.05, 0.1) is 12.6 Å². The molecule has 0 aliphatic carbocycles. The molecule has 1 saturated heterocycles. The van der Waals surface area contributed by atoms with E-state index >= 15 is 0 Å². The van der Waals surface area contributed by atoms with Crippen LogP contribution in [0.3, 0.4) is 0 Å². The standard InChI is InChI=1S/C12H24N4O2/c1-3-10(13)12(18)15-9-4-6-16(7-5-9)8-11(17)14-2/h9-10H,3-8,13H2,1-2H3,(H,14,17)(H,15,18)/t10-/m1/s1. The number of carbonyl (C=O) groups is 2. The predicted molar refractivity (Wildman–Crippen MR) is 69.9 cm³/mol. The van der Waals surface area contributed by atoms with Crippen molar-refractivity contribution in [2.45, 2.75) is 38.3 Å². The number of rotatable bonds is 5. The molecule has 0 bridgehead atoms. The maximum atomic E-state index is 11.6. The van der Waals surface area contributed by atoms with E-state index in [0.29, 0.717) is 13.0 Å². The average molecular weight is 256 g/mol. The van der Waals surface area contributed by atoms with Gasteiger partial charge in [0, 0.05) is 26.2 Å². The lowest BCUT2D eigenvalue weighted by Gasteiger charge is -2.32. The minimum Gasteiger partial charge on any atom is -0.358 e. The van der Waals surface area contributed by atoms with Crippen LogP contribution in [-0.4, -0.2) is 55.5 Å². The first kappa shape index (κ1) is 14.9. The van der Waals surface area contributed by atoms with Gasteiger partial charge in [-0.25, -0.2) is 0 Å². The molecule has 1 fully saturated rings. The minimum atomic E-state index is -0.408. The van der Waals surface area contributed by atoms with Crippen molar-refractivity contribution in [1.29, 1.82) is 0 Å². The molecule has 0 saturated carbocycles. The predicted octanol–water partition coefficient (Wildman–Crippen LogP) is -0.950. The first-order valence-electron chi connectivity index (χ1n) is 6.55. The van der Waals surface area contributed by atoms with Crippen LogP contribution in [-0.2, 0) is 9.59 Å². The Labute approximate surface area is 108 Å². The van der Waals surface area contributed by atoms with E-state index < -0.39 is 6.04 Å². The zero-order valence-corrected chi connectivity index (χ0v) is 11.2. The molecule has 1 rings (SSSR count). The highest BCUT2D eigenvalue weighted by Crippen LogP contribution is 2.10. The van der Waals surface area contributed by atoms with Gasteiger partial charge in [0.15, 0.2) is 0 Å². The molecule has 0 aromatic heterocycles. The second-order valence-corrected chi connectivity index (χ2v) is 4.75. The number of nitrogens with two attached hydrogens (primary N) is 1. The number of nitrogens with zero attached hydrogens (tertiary/aromatic N) is 1. The lowest BCUT2D eigenvalue weighted by atomic mass is 10.0. The van der Waals surface area contributed by atoms with E-state index in [9.17, 15) is 9.59 Å². The van der Waals surface area contributed by atoms with Gasteiger partial charge in [0.25, 0.3) is 0 Å². The third-order valence-electron chi connectivity index (χ3n) is 3.36. The van der Waals surface area contributed by atoms with Gasteiger partial charge >= 0.3 is 0 Å². The topological polar surface area (TPSA) is 87.5 Å². The van der Waals surface area contributed by atoms with E-state index in [2.05, 4.69) is 15.5 Å². The Morgan fingerprint density at radius 1 is 1.39 bits per heavy atom. The van der Waals surface area contributed by atoms with Crippen LogP contribution < -0.4 is 16.4 Å². The number of likely N-dealkylation sites (tertiary alicyclic amines) is 1. The molecule has 18 heavy (non-hydrogen) atoms. The van der Waals surface area contributed by atoms with Crippen LogP contribution in [0.5, 0.6) is 0 Å². The van der Waals surface area contributed by atoms with Gasteiger partial charge in [-0.05, 0) is 19.3 Å². The number of nitrogens with one attached hydrogen (secondary N) is 2. The van der Waals surface area contributed by atoms with Crippen LogP contribution >= 0.6 is 0 Å². The number of amides is 2. The Morgan fingerprint density at radius 2 is 2.00 bits per heavy atom.